The lowest BCUT2D eigenvalue weighted by Gasteiger charge is -2.17. The van der Waals surface area contributed by atoms with Gasteiger partial charge in [0.05, 0.1) is 11.8 Å². The summed E-state index contributed by atoms with van der Waals surface area (Å²) in [4.78, 5) is 14.0. The fraction of sp³-hybridized carbons (Fsp3) is 0.417. The van der Waals surface area contributed by atoms with E-state index in [4.69, 9.17) is 9.92 Å². The zero-order valence-electron chi connectivity index (χ0n) is 10.6. The van der Waals surface area contributed by atoms with Crippen LogP contribution in [0.25, 0.3) is 0 Å². The van der Waals surface area contributed by atoms with Crippen molar-refractivity contribution in [1.82, 2.24) is 4.90 Å². The predicted molar refractivity (Wildman–Crippen MR) is 71.5 cm³/mol. The second kappa shape index (κ2) is 5.08. The lowest BCUT2D eigenvalue weighted by Crippen LogP contribution is -2.28. The van der Waals surface area contributed by atoms with Crippen LogP contribution in [0.2, 0.25) is 0 Å². The Balaban J connectivity index is 2.36. The van der Waals surface area contributed by atoms with Gasteiger partial charge in [0.25, 0.3) is 5.91 Å². The smallest absolute Gasteiger partial charge is 0.306 e. The molecule has 2 rings (SSSR count). The zero-order chi connectivity index (χ0) is 14.0. The molecule has 1 fully saturated rings. The molecule has 0 bridgehead atoms. The maximum Gasteiger partial charge on any atom is 0.306 e. The highest BCUT2D eigenvalue weighted by molar-refractivity contribution is 7.86. The van der Waals surface area contributed by atoms with E-state index in [-0.39, 0.29) is 17.2 Å². The van der Waals surface area contributed by atoms with Crippen LogP contribution in [0.3, 0.4) is 0 Å². The molecule has 0 aromatic heterocycles. The number of likely N-dealkylation sites (tertiary alicyclic amines) is 1. The normalized spacial score (nSPS) is 15.5. The summed E-state index contributed by atoms with van der Waals surface area (Å²) in [5.41, 5.74) is 6.23. The Labute approximate surface area is 112 Å². The second-order valence-corrected chi connectivity index (χ2v) is 6.12. The van der Waals surface area contributed by atoms with Gasteiger partial charge in [-0.05, 0) is 31.0 Å². The van der Waals surface area contributed by atoms with E-state index in [9.17, 15) is 13.2 Å². The number of hydrogen-bond acceptors (Lipinski definition) is 5. The van der Waals surface area contributed by atoms with Crippen LogP contribution < -0.4 is 9.92 Å². The van der Waals surface area contributed by atoms with Gasteiger partial charge in [-0.2, -0.15) is 8.42 Å². The summed E-state index contributed by atoms with van der Waals surface area (Å²) in [6.07, 6.45) is 2.85. The molecule has 1 aliphatic rings. The van der Waals surface area contributed by atoms with Crippen molar-refractivity contribution in [3.8, 4) is 5.75 Å². The predicted octanol–water partition coefficient (Wildman–Crippen LogP) is 0.843. The molecule has 0 spiro atoms. The average molecular weight is 284 g/mol. The van der Waals surface area contributed by atoms with Crippen molar-refractivity contribution in [1.29, 1.82) is 0 Å². The number of rotatable bonds is 3. The summed E-state index contributed by atoms with van der Waals surface area (Å²) in [6.45, 7) is 1.35. The standard InChI is InChI=1S/C12H16N2O4S/c1-19(16,17)18-11-5-4-9(13)8-10(11)12(15)14-6-2-3-7-14/h4-5,8H,2-3,6-7,13H2,1H3. The molecule has 0 atom stereocenters. The lowest BCUT2D eigenvalue weighted by molar-refractivity contribution is 0.0791. The minimum atomic E-state index is -3.68. The first-order valence-corrected chi connectivity index (χ1v) is 7.77. The van der Waals surface area contributed by atoms with E-state index in [1.54, 1.807) is 4.90 Å². The fourth-order valence-electron chi connectivity index (χ4n) is 2.04. The summed E-state index contributed by atoms with van der Waals surface area (Å²) in [7, 11) is -3.68. The van der Waals surface area contributed by atoms with E-state index in [0.29, 0.717) is 18.8 Å². The fourth-order valence-corrected chi connectivity index (χ4v) is 2.51. The van der Waals surface area contributed by atoms with Crippen molar-refractivity contribution >= 4 is 21.7 Å². The zero-order valence-corrected chi connectivity index (χ0v) is 11.4. The van der Waals surface area contributed by atoms with Crippen LogP contribution in [0.5, 0.6) is 5.75 Å². The van der Waals surface area contributed by atoms with Gasteiger partial charge in [0.1, 0.15) is 0 Å². The van der Waals surface area contributed by atoms with E-state index in [1.165, 1.54) is 18.2 Å². The number of nitrogens with two attached hydrogens (primary N) is 1. The van der Waals surface area contributed by atoms with Gasteiger partial charge in [-0.25, -0.2) is 0 Å². The maximum absolute atomic E-state index is 12.3. The van der Waals surface area contributed by atoms with Crippen LogP contribution in [0, 0.1) is 0 Å². The molecular formula is C12H16N2O4S. The van der Waals surface area contributed by atoms with Crippen LogP contribution in [-0.4, -0.2) is 38.6 Å². The molecule has 6 nitrogen and oxygen atoms in total. The van der Waals surface area contributed by atoms with Crippen LogP contribution >= 0.6 is 0 Å². The number of nitrogen functional groups attached to an aromatic ring is 1. The number of anilines is 1. The quantitative estimate of drug-likeness (QED) is 0.656. The summed E-state index contributed by atoms with van der Waals surface area (Å²) in [5.74, 6) is -0.225. The van der Waals surface area contributed by atoms with Gasteiger partial charge in [0.2, 0.25) is 0 Å². The Bertz CT molecular complexity index is 592. The van der Waals surface area contributed by atoms with Crippen molar-refractivity contribution < 1.29 is 17.4 Å². The van der Waals surface area contributed by atoms with E-state index in [0.717, 1.165) is 19.1 Å². The third kappa shape index (κ3) is 3.37. The number of benzene rings is 1. The van der Waals surface area contributed by atoms with Gasteiger partial charge < -0.3 is 14.8 Å². The number of carbonyl (C=O) groups excluding carboxylic acids is 1. The molecule has 1 aliphatic heterocycles. The minimum absolute atomic E-state index is 0.0219. The molecule has 2 N–H and O–H groups in total. The van der Waals surface area contributed by atoms with Gasteiger partial charge in [-0.15, -0.1) is 0 Å². The summed E-state index contributed by atoms with van der Waals surface area (Å²) < 4.78 is 27.2. The van der Waals surface area contributed by atoms with Gasteiger partial charge in [0, 0.05) is 18.8 Å². The first kappa shape index (κ1) is 13.7. The highest BCUT2D eigenvalue weighted by Crippen LogP contribution is 2.25. The summed E-state index contributed by atoms with van der Waals surface area (Å²) >= 11 is 0. The van der Waals surface area contributed by atoms with Crippen molar-refractivity contribution in [3.63, 3.8) is 0 Å². The van der Waals surface area contributed by atoms with Gasteiger partial charge in [0.15, 0.2) is 5.75 Å². The number of hydrogen-bond donors (Lipinski definition) is 1. The molecule has 1 aromatic rings. The van der Waals surface area contributed by atoms with E-state index >= 15 is 0 Å². The lowest BCUT2D eigenvalue weighted by atomic mass is 10.1. The molecule has 1 saturated heterocycles. The van der Waals surface area contributed by atoms with Crippen molar-refractivity contribution in [3.05, 3.63) is 23.8 Å². The maximum atomic E-state index is 12.3. The highest BCUT2D eigenvalue weighted by atomic mass is 32.2. The Hall–Kier alpha value is -1.76. The van der Waals surface area contributed by atoms with Gasteiger partial charge in [-0.3, -0.25) is 4.79 Å². The third-order valence-corrected chi connectivity index (χ3v) is 3.35. The molecule has 104 valence electrons. The molecule has 1 heterocycles. The van der Waals surface area contributed by atoms with Crippen LogP contribution in [-0.2, 0) is 10.1 Å². The molecular weight excluding hydrogens is 268 g/mol. The Morgan fingerprint density at radius 3 is 2.53 bits per heavy atom. The topological polar surface area (TPSA) is 89.7 Å². The van der Waals surface area contributed by atoms with E-state index in [1.807, 2.05) is 0 Å². The van der Waals surface area contributed by atoms with Crippen molar-refractivity contribution in [2.75, 3.05) is 25.1 Å². The molecule has 19 heavy (non-hydrogen) atoms. The summed E-state index contributed by atoms with van der Waals surface area (Å²) in [6, 6.07) is 4.35. The third-order valence-electron chi connectivity index (χ3n) is 2.87. The summed E-state index contributed by atoms with van der Waals surface area (Å²) in [5, 5.41) is 0. The number of nitrogens with zero attached hydrogens (tertiary/aromatic N) is 1. The molecule has 7 heteroatoms. The number of amides is 1. The number of carbonyl (C=O) groups is 1. The molecule has 1 aromatic carbocycles. The average Bonchev–Trinajstić information content (AvgIpc) is 2.82. The molecule has 0 unspecified atom stereocenters. The van der Waals surface area contributed by atoms with Gasteiger partial charge >= 0.3 is 10.1 Å². The molecule has 1 amide bonds. The first-order valence-electron chi connectivity index (χ1n) is 5.95. The van der Waals surface area contributed by atoms with E-state index < -0.39 is 10.1 Å². The van der Waals surface area contributed by atoms with Crippen molar-refractivity contribution in [2.24, 2.45) is 0 Å². The van der Waals surface area contributed by atoms with Crippen LogP contribution in [0.15, 0.2) is 18.2 Å². The SMILES string of the molecule is CS(=O)(=O)Oc1ccc(N)cc1C(=O)N1CCCC1. The Morgan fingerprint density at radius 2 is 1.95 bits per heavy atom. The largest absolute Gasteiger partial charge is 0.399 e. The van der Waals surface area contributed by atoms with Crippen molar-refractivity contribution in [2.45, 2.75) is 12.8 Å². The Morgan fingerprint density at radius 1 is 1.32 bits per heavy atom. The second-order valence-electron chi connectivity index (χ2n) is 4.54. The monoisotopic (exact) mass is 284 g/mol. The first-order chi connectivity index (χ1) is 8.87. The molecule has 0 saturated carbocycles. The highest BCUT2D eigenvalue weighted by Gasteiger charge is 2.24. The van der Waals surface area contributed by atoms with Crippen LogP contribution in [0.4, 0.5) is 5.69 Å². The van der Waals surface area contributed by atoms with Crippen LogP contribution in [0.1, 0.15) is 23.2 Å². The van der Waals surface area contributed by atoms with E-state index in [2.05, 4.69) is 0 Å². The molecule has 0 aliphatic carbocycles. The van der Waals surface area contributed by atoms with Gasteiger partial charge in [-0.1, -0.05) is 0 Å². The molecule has 0 radical (unpaired) electrons. The Kier molecular flexibility index (Phi) is 3.66. The minimum Gasteiger partial charge on any atom is -0.399 e.